The predicted molar refractivity (Wildman–Crippen MR) is 77.9 cm³/mol. The third-order valence-corrected chi connectivity index (χ3v) is 3.71. The van der Waals surface area contributed by atoms with Crippen LogP contribution in [0.25, 0.3) is 0 Å². The number of nitrogens with zero attached hydrogens (tertiary/aromatic N) is 3. The summed E-state index contributed by atoms with van der Waals surface area (Å²) in [6, 6.07) is 7.38. The lowest BCUT2D eigenvalue weighted by atomic mass is 10.2. The Morgan fingerprint density at radius 2 is 2.00 bits per heavy atom. The highest BCUT2D eigenvalue weighted by atomic mass is 79.9. The Hall–Kier alpha value is -1.62. The van der Waals surface area contributed by atoms with Gasteiger partial charge in [0.2, 0.25) is 0 Å². The maximum Gasteiger partial charge on any atom is 0.253 e. The molecule has 0 bridgehead atoms. The molecule has 0 spiro atoms. The fraction of sp³-hybridized carbons (Fsp3) is 0.286. The average molecular weight is 322 g/mol. The first-order valence-electron chi connectivity index (χ1n) is 5.97. The van der Waals surface area contributed by atoms with Gasteiger partial charge in [-0.25, -0.2) is 0 Å². The average Bonchev–Trinajstić information content (AvgIpc) is 2.71. The first kappa shape index (κ1) is 13.8. The summed E-state index contributed by atoms with van der Waals surface area (Å²) in [4.78, 5) is 14.0. The second-order valence-electron chi connectivity index (χ2n) is 4.55. The molecule has 0 N–H and O–H groups in total. The molecule has 0 aliphatic rings. The maximum absolute atomic E-state index is 12.3. The van der Waals surface area contributed by atoms with Crippen LogP contribution in [0, 0.1) is 6.92 Å². The lowest BCUT2D eigenvalue weighted by molar-refractivity contribution is 0.0785. The number of carbonyl (C=O) groups excluding carboxylic acids is 1. The van der Waals surface area contributed by atoms with Gasteiger partial charge >= 0.3 is 0 Å². The van der Waals surface area contributed by atoms with E-state index in [-0.39, 0.29) is 5.91 Å². The van der Waals surface area contributed by atoms with Gasteiger partial charge in [0, 0.05) is 41.9 Å². The summed E-state index contributed by atoms with van der Waals surface area (Å²) >= 11 is 3.36. The van der Waals surface area contributed by atoms with Crippen molar-refractivity contribution in [2.45, 2.75) is 13.5 Å². The molecule has 100 valence electrons. The number of hydrogen-bond acceptors (Lipinski definition) is 2. The van der Waals surface area contributed by atoms with Gasteiger partial charge in [0.25, 0.3) is 5.91 Å². The van der Waals surface area contributed by atoms with Gasteiger partial charge < -0.3 is 4.90 Å². The molecule has 2 rings (SSSR count). The summed E-state index contributed by atoms with van der Waals surface area (Å²) in [5, 5.41) is 4.19. The van der Waals surface area contributed by atoms with E-state index in [2.05, 4.69) is 21.0 Å². The van der Waals surface area contributed by atoms with Crippen LogP contribution in [0.4, 0.5) is 0 Å². The molecule has 5 heteroatoms. The predicted octanol–water partition coefficient (Wildman–Crippen LogP) is 2.76. The molecule has 1 aromatic carbocycles. The van der Waals surface area contributed by atoms with Gasteiger partial charge in [0.1, 0.15) is 0 Å². The Bertz CT molecular complexity index is 589. The Labute approximate surface area is 121 Å². The maximum atomic E-state index is 12.3. The Kier molecular flexibility index (Phi) is 4.04. The van der Waals surface area contributed by atoms with Gasteiger partial charge in [-0.2, -0.15) is 5.10 Å². The minimum Gasteiger partial charge on any atom is -0.337 e. The van der Waals surface area contributed by atoms with E-state index in [1.165, 1.54) is 0 Å². The monoisotopic (exact) mass is 321 g/mol. The fourth-order valence-electron chi connectivity index (χ4n) is 1.84. The molecule has 19 heavy (non-hydrogen) atoms. The summed E-state index contributed by atoms with van der Waals surface area (Å²) < 4.78 is 2.78. The van der Waals surface area contributed by atoms with Crippen LogP contribution in [0.1, 0.15) is 21.6 Å². The molecule has 0 saturated heterocycles. The van der Waals surface area contributed by atoms with Crippen molar-refractivity contribution < 1.29 is 4.79 Å². The van der Waals surface area contributed by atoms with Crippen molar-refractivity contribution in [2.75, 3.05) is 7.05 Å². The molecular formula is C14H16BrN3O. The molecule has 1 heterocycles. The quantitative estimate of drug-likeness (QED) is 0.871. The summed E-state index contributed by atoms with van der Waals surface area (Å²) in [6.07, 6.45) is 1.81. The van der Waals surface area contributed by atoms with E-state index < -0.39 is 0 Å². The molecule has 4 nitrogen and oxygen atoms in total. The number of halogens is 1. The number of aromatic nitrogens is 2. The molecule has 0 atom stereocenters. The van der Waals surface area contributed by atoms with E-state index in [9.17, 15) is 4.79 Å². The van der Waals surface area contributed by atoms with Gasteiger partial charge in [-0.1, -0.05) is 15.9 Å². The molecule has 0 unspecified atom stereocenters. The molecular weight excluding hydrogens is 306 g/mol. The topological polar surface area (TPSA) is 38.1 Å². The standard InChI is InChI=1S/C14H16BrN3O/c1-10-12(8-16-18(10)3)9-17(2)14(19)11-4-6-13(15)7-5-11/h4-8H,9H2,1-3H3. The zero-order chi connectivity index (χ0) is 14.0. The first-order chi connectivity index (χ1) is 8.99. The van der Waals surface area contributed by atoms with Gasteiger partial charge in [-0.05, 0) is 31.2 Å². The van der Waals surface area contributed by atoms with Gasteiger partial charge in [0.05, 0.1) is 6.20 Å². The van der Waals surface area contributed by atoms with E-state index in [0.717, 1.165) is 15.7 Å². The molecule has 0 saturated carbocycles. The third-order valence-electron chi connectivity index (χ3n) is 3.18. The summed E-state index contributed by atoms with van der Waals surface area (Å²) in [7, 11) is 3.70. The lowest BCUT2D eigenvalue weighted by Gasteiger charge is -2.17. The third kappa shape index (κ3) is 3.04. The van der Waals surface area contributed by atoms with Crippen molar-refractivity contribution in [2.24, 2.45) is 7.05 Å². The zero-order valence-corrected chi connectivity index (χ0v) is 12.8. The van der Waals surface area contributed by atoms with Crippen LogP contribution in [-0.4, -0.2) is 27.6 Å². The number of benzene rings is 1. The summed E-state index contributed by atoms with van der Waals surface area (Å²) in [5.74, 6) is 0.00996. The molecule has 0 radical (unpaired) electrons. The van der Waals surface area contributed by atoms with Gasteiger partial charge in [-0.3, -0.25) is 9.48 Å². The van der Waals surface area contributed by atoms with Crippen molar-refractivity contribution in [1.82, 2.24) is 14.7 Å². The number of amides is 1. The van der Waals surface area contributed by atoms with Crippen LogP contribution < -0.4 is 0 Å². The second-order valence-corrected chi connectivity index (χ2v) is 5.46. The summed E-state index contributed by atoms with van der Waals surface area (Å²) in [6.45, 7) is 2.56. The van der Waals surface area contributed by atoms with Crippen molar-refractivity contribution in [3.8, 4) is 0 Å². The minimum absolute atomic E-state index is 0.00996. The van der Waals surface area contributed by atoms with Crippen LogP contribution in [0.5, 0.6) is 0 Å². The highest BCUT2D eigenvalue weighted by molar-refractivity contribution is 9.10. The van der Waals surface area contributed by atoms with E-state index in [1.54, 1.807) is 18.1 Å². The molecule has 0 aliphatic carbocycles. The highest BCUT2D eigenvalue weighted by Gasteiger charge is 2.14. The number of hydrogen-bond donors (Lipinski definition) is 0. The highest BCUT2D eigenvalue weighted by Crippen LogP contribution is 2.14. The zero-order valence-electron chi connectivity index (χ0n) is 11.2. The van der Waals surface area contributed by atoms with Crippen LogP contribution >= 0.6 is 15.9 Å². The lowest BCUT2D eigenvalue weighted by Crippen LogP contribution is -2.26. The van der Waals surface area contributed by atoms with Crippen molar-refractivity contribution in [3.63, 3.8) is 0 Å². The van der Waals surface area contributed by atoms with Crippen molar-refractivity contribution in [1.29, 1.82) is 0 Å². The SMILES string of the molecule is Cc1c(CN(C)C(=O)c2ccc(Br)cc2)cnn1C. The molecule has 2 aromatic rings. The Balaban J connectivity index is 2.11. The Morgan fingerprint density at radius 3 is 2.53 bits per heavy atom. The van der Waals surface area contributed by atoms with Gasteiger partial charge in [-0.15, -0.1) is 0 Å². The number of aryl methyl sites for hydroxylation is 1. The van der Waals surface area contributed by atoms with E-state index in [4.69, 9.17) is 0 Å². The normalized spacial score (nSPS) is 10.5. The second kappa shape index (κ2) is 5.57. The Morgan fingerprint density at radius 1 is 1.37 bits per heavy atom. The number of carbonyl (C=O) groups is 1. The number of rotatable bonds is 3. The smallest absolute Gasteiger partial charge is 0.253 e. The summed E-state index contributed by atoms with van der Waals surface area (Å²) in [5.41, 5.74) is 2.83. The minimum atomic E-state index is 0.00996. The van der Waals surface area contributed by atoms with Crippen LogP contribution in [0.15, 0.2) is 34.9 Å². The first-order valence-corrected chi connectivity index (χ1v) is 6.77. The van der Waals surface area contributed by atoms with Crippen LogP contribution in [0.2, 0.25) is 0 Å². The van der Waals surface area contributed by atoms with Crippen LogP contribution in [0.3, 0.4) is 0 Å². The van der Waals surface area contributed by atoms with Crippen molar-refractivity contribution in [3.05, 3.63) is 51.8 Å². The molecule has 1 aromatic heterocycles. The molecule has 0 fully saturated rings. The fourth-order valence-corrected chi connectivity index (χ4v) is 2.10. The van der Waals surface area contributed by atoms with E-state index >= 15 is 0 Å². The van der Waals surface area contributed by atoms with Crippen LogP contribution in [-0.2, 0) is 13.6 Å². The van der Waals surface area contributed by atoms with E-state index in [0.29, 0.717) is 12.1 Å². The van der Waals surface area contributed by atoms with Gasteiger partial charge in [0.15, 0.2) is 0 Å². The van der Waals surface area contributed by atoms with E-state index in [1.807, 2.05) is 42.9 Å². The largest absolute Gasteiger partial charge is 0.337 e. The molecule has 1 amide bonds. The molecule has 0 aliphatic heterocycles. The van der Waals surface area contributed by atoms with Crippen molar-refractivity contribution >= 4 is 21.8 Å².